The number of benzene rings is 2. The van der Waals surface area contributed by atoms with Gasteiger partial charge in [0.05, 0.1) is 17.2 Å². The Bertz CT molecular complexity index is 974. The Balaban J connectivity index is 1.78. The summed E-state index contributed by atoms with van der Waals surface area (Å²) < 4.78 is 30.1. The molecule has 0 saturated carbocycles. The van der Waals surface area contributed by atoms with Crippen molar-refractivity contribution in [1.29, 1.82) is 5.26 Å². The van der Waals surface area contributed by atoms with Crippen molar-refractivity contribution < 1.29 is 22.7 Å². The first-order chi connectivity index (χ1) is 11.4. The number of amides is 2. The maximum absolute atomic E-state index is 12.3. The van der Waals surface area contributed by atoms with E-state index in [-0.39, 0.29) is 20.5 Å². The molecule has 0 bridgehead atoms. The molecule has 0 unspecified atom stereocenters. The molecule has 0 atom stereocenters. The van der Waals surface area contributed by atoms with Crippen molar-refractivity contribution in [3.63, 3.8) is 0 Å². The summed E-state index contributed by atoms with van der Waals surface area (Å²) in [4.78, 5) is 24.2. The number of carbonyl (C=O) groups excluding carboxylic acids is 2. The number of carbonyl (C=O) groups is 2. The van der Waals surface area contributed by atoms with E-state index in [4.69, 9.17) is 10.00 Å². The predicted octanol–water partition coefficient (Wildman–Crippen LogP) is 1.31. The van der Waals surface area contributed by atoms with Crippen LogP contribution in [0.1, 0.15) is 15.9 Å². The molecule has 1 aliphatic heterocycles. The van der Waals surface area contributed by atoms with Crippen LogP contribution in [-0.4, -0.2) is 31.1 Å². The summed E-state index contributed by atoms with van der Waals surface area (Å²) in [6, 6.07) is 13.5. The Morgan fingerprint density at radius 2 is 1.79 bits per heavy atom. The Kier molecular flexibility index (Phi) is 3.79. The molecule has 0 N–H and O–H groups in total. The molecule has 1 aliphatic rings. The van der Waals surface area contributed by atoms with Gasteiger partial charge in [-0.2, -0.15) is 9.57 Å². The van der Waals surface area contributed by atoms with Crippen molar-refractivity contribution in [2.24, 2.45) is 0 Å². The average Bonchev–Trinajstić information content (AvgIpc) is 2.80. The molecule has 0 radical (unpaired) electrons. The van der Waals surface area contributed by atoms with Gasteiger partial charge < -0.3 is 4.74 Å². The highest BCUT2D eigenvalue weighted by Crippen LogP contribution is 2.30. The van der Waals surface area contributed by atoms with Crippen LogP contribution in [0.4, 0.5) is 0 Å². The van der Waals surface area contributed by atoms with Crippen LogP contribution in [-0.2, 0) is 14.8 Å². The molecular weight excluding hydrogens is 332 g/mol. The Hall–Kier alpha value is -3.18. The van der Waals surface area contributed by atoms with Gasteiger partial charge in [0.1, 0.15) is 10.6 Å². The summed E-state index contributed by atoms with van der Waals surface area (Å²) in [6.07, 6.45) is 0. The molecule has 0 saturated heterocycles. The normalized spacial score (nSPS) is 14.8. The van der Waals surface area contributed by atoms with Crippen LogP contribution >= 0.6 is 0 Å². The zero-order valence-corrected chi connectivity index (χ0v) is 13.0. The number of rotatable bonds is 3. The molecule has 7 nitrogen and oxygen atoms in total. The van der Waals surface area contributed by atoms with Crippen molar-refractivity contribution in [3.8, 4) is 11.8 Å². The molecule has 3 rings (SSSR count). The summed E-state index contributed by atoms with van der Waals surface area (Å²) in [5.74, 6) is -1.59. The summed E-state index contributed by atoms with van der Waals surface area (Å²) in [7, 11) is -4.20. The fraction of sp³-hybridized carbons (Fsp3) is 0.0625. The minimum Gasteiger partial charge on any atom is -0.484 e. The Morgan fingerprint density at radius 3 is 2.42 bits per heavy atom. The largest absolute Gasteiger partial charge is 0.484 e. The SMILES string of the molecule is N#Cc1ccc(OCC(=O)N2C(=O)c3ccccc3S2(=O)=O)cc1. The number of imide groups is 1. The topological polar surface area (TPSA) is 105 Å². The molecule has 8 heteroatoms. The second kappa shape index (κ2) is 5.79. The molecule has 0 aliphatic carbocycles. The first kappa shape index (κ1) is 15.7. The number of hydrogen-bond acceptors (Lipinski definition) is 6. The van der Waals surface area contributed by atoms with Crippen molar-refractivity contribution >= 4 is 21.8 Å². The maximum Gasteiger partial charge on any atom is 0.281 e. The lowest BCUT2D eigenvalue weighted by atomic mass is 10.2. The Labute approximate surface area is 137 Å². The van der Waals surface area contributed by atoms with E-state index in [1.807, 2.05) is 6.07 Å². The number of sulfonamides is 1. The highest BCUT2D eigenvalue weighted by atomic mass is 32.2. The smallest absolute Gasteiger partial charge is 0.281 e. The molecule has 2 aromatic carbocycles. The standard InChI is InChI=1S/C16H10N2O5S/c17-9-11-5-7-12(8-6-11)23-10-15(19)18-16(20)13-3-1-2-4-14(13)24(18,21)22/h1-8H,10H2. The second-order valence-electron chi connectivity index (χ2n) is 4.89. The van der Waals surface area contributed by atoms with Gasteiger partial charge in [-0.15, -0.1) is 0 Å². The summed E-state index contributed by atoms with van der Waals surface area (Å²) in [5, 5.41) is 8.71. The molecule has 1 heterocycles. The highest BCUT2D eigenvalue weighted by Gasteiger charge is 2.45. The van der Waals surface area contributed by atoms with E-state index in [9.17, 15) is 18.0 Å². The van der Waals surface area contributed by atoms with Crippen molar-refractivity contribution in [1.82, 2.24) is 4.31 Å². The first-order valence-corrected chi connectivity index (χ1v) is 8.23. The lowest BCUT2D eigenvalue weighted by Gasteiger charge is -2.13. The van der Waals surface area contributed by atoms with E-state index in [1.165, 1.54) is 48.5 Å². The summed E-state index contributed by atoms with van der Waals surface area (Å²) in [5.41, 5.74) is 0.380. The highest BCUT2D eigenvalue weighted by molar-refractivity contribution is 7.90. The van der Waals surface area contributed by atoms with Gasteiger partial charge in [0.2, 0.25) is 0 Å². The molecule has 24 heavy (non-hydrogen) atoms. The van der Waals surface area contributed by atoms with Crippen molar-refractivity contribution in [2.75, 3.05) is 6.61 Å². The maximum atomic E-state index is 12.3. The van der Waals surface area contributed by atoms with Gasteiger partial charge in [-0.1, -0.05) is 12.1 Å². The van der Waals surface area contributed by atoms with E-state index in [0.29, 0.717) is 5.56 Å². The van der Waals surface area contributed by atoms with E-state index < -0.39 is 28.4 Å². The monoisotopic (exact) mass is 342 g/mol. The van der Waals surface area contributed by atoms with Gasteiger partial charge in [-0.05, 0) is 36.4 Å². The summed E-state index contributed by atoms with van der Waals surface area (Å²) in [6.45, 7) is -0.620. The van der Waals surface area contributed by atoms with Crippen LogP contribution in [0.3, 0.4) is 0 Å². The lowest BCUT2D eigenvalue weighted by Crippen LogP contribution is -2.39. The lowest BCUT2D eigenvalue weighted by molar-refractivity contribution is -0.126. The van der Waals surface area contributed by atoms with Gasteiger partial charge in [-0.3, -0.25) is 9.59 Å². The zero-order valence-electron chi connectivity index (χ0n) is 12.2. The predicted molar refractivity (Wildman–Crippen MR) is 81.5 cm³/mol. The zero-order chi connectivity index (χ0) is 17.3. The van der Waals surface area contributed by atoms with Crippen LogP contribution in [0.15, 0.2) is 53.4 Å². The number of nitrogens with zero attached hydrogens (tertiary/aromatic N) is 2. The fourth-order valence-electron chi connectivity index (χ4n) is 2.26. The van der Waals surface area contributed by atoms with Crippen molar-refractivity contribution in [3.05, 3.63) is 59.7 Å². The third kappa shape index (κ3) is 2.51. The first-order valence-electron chi connectivity index (χ1n) is 6.79. The number of ether oxygens (including phenoxy) is 1. The summed E-state index contributed by atoms with van der Waals surface area (Å²) >= 11 is 0. The number of nitriles is 1. The number of fused-ring (bicyclic) bond motifs is 1. The van der Waals surface area contributed by atoms with Gasteiger partial charge in [-0.25, -0.2) is 8.42 Å². The van der Waals surface area contributed by atoms with Crippen LogP contribution in [0.5, 0.6) is 5.75 Å². The molecule has 120 valence electrons. The van der Waals surface area contributed by atoms with E-state index in [1.54, 1.807) is 0 Å². The molecule has 0 aromatic heterocycles. The van der Waals surface area contributed by atoms with Crippen LogP contribution in [0.25, 0.3) is 0 Å². The molecule has 0 fully saturated rings. The van der Waals surface area contributed by atoms with E-state index in [2.05, 4.69) is 0 Å². The van der Waals surface area contributed by atoms with Gasteiger partial charge in [0.25, 0.3) is 21.8 Å². The van der Waals surface area contributed by atoms with E-state index >= 15 is 0 Å². The fourth-order valence-corrected chi connectivity index (χ4v) is 3.78. The quantitative estimate of drug-likeness (QED) is 0.833. The van der Waals surface area contributed by atoms with Gasteiger partial charge in [0.15, 0.2) is 6.61 Å². The number of hydrogen-bond donors (Lipinski definition) is 0. The van der Waals surface area contributed by atoms with Gasteiger partial charge in [0, 0.05) is 0 Å². The molecule has 2 aromatic rings. The molecule has 0 spiro atoms. The third-order valence-corrected chi connectivity index (χ3v) is 5.15. The average molecular weight is 342 g/mol. The minimum absolute atomic E-state index is 0.0378. The van der Waals surface area contributed by atoms with E-state index in [0.717, 1.165) is 0 Å². The molecule has 2 amide bonds. The van der Waals surface area contributed by atoms with Crippen molar-refractivity contribution in [2.45, 2.75) is 4.90 Å². The van der Waals surface area contributed by atoms with Crippen LogP contribution in [0.2, 0.25) is 0 Å². The Morgan fingerprint density at radius 1 is 1.12 bits per heavy atom. The minimum atomic E-state index is -4.20. The van der Waals surface area contributed by atoms with Crippen LogP contribution in [0, 0.1) is 11.3 Å². The third-order valence-electron chi connectivity index (χ3n) is 3.39. The second-order valence-corrected chi connectivity index (χ2v) is 6.64. The van der Waals surface area contributed by atoms with Crippen LogP contribution < -0.4 is 4.74 Å². The van der Waals surface area contributed by atoms with Gasteiger partial charge >= 0.3 is 0 Å². The molecular formula is C16H10N2O5S.